The highest BCUT2D eigenvalue weighted by Crippen LogP contribution is 2.29. The van der Waals surface area contributed by atoms with Crippen molar-refractivity contribution in [3.05, 3.63) is 71.7 Å². The first kappa shape index (κ1) is 17.2. The largest absolute Gasteiger partial charge is 0.356 e. The number of hydrogen-bond acceptors (Lipinski definition) is 2. The molecule has 2 heterocycles. The van der Waals surface area contributed by atoms with Crippen LogP contribution in [0.1, 0.15) is 48.9 Å². The van der Waals surface area contributed by atoms with Gasteiger partial charge in [0.1, 0.15) is 5.65 Å². The van der Waals surface area contributed by atoms with Gasteiger partial charge in [-0.25, -0.2) is 4.98 Å². The van der Waals surface area contributed by atoms with Gasteiger partial charge in [-0.2, -0.15) is 0 Å². The third-order valence-electron chi connectivity index (χ3n) is 4.56. The molecule has 0 saturated carbocycles. The first-order valence-electron chi connectivity index (χ1n) is 8.95. The Morgan fingerprint density at radius 1 is 1.20 bits per heavy atom. The molecule has 2 aromatic heterocycles. The fourth-order valence-electron chi connectivity index (χ4n) is 3.17. The average Bonchev–Trinajstić information content (AvgIpc) is 3.06. The molecular formula is C21H25N3O. The van der Waals surface area contributed by atoms with E-state index in [2.05, 4.69) is 46.7 Å². The molecule has 0 saturated heterocycles. The second-order valence-electron chi connectivity index (χ2n) is 6.44. The minimum atomic E-state index is -0.0142. The zero-order valence-electron chi connectivity index (χ0n) is 14.9. The highest BCUT2D eigenvalue weighted by Gasteiger charge is 2.21. The number of carbonyl (C=O) groups excluding carboxylic acids is 1. The third kappa shape index (κ3) is 3.90. The summed E-state index contributed by atoms with van der Waals surface area (Å²) >= 11 is 0. The van der Waals surface area contributed by atoms with Crippen molar-refractivity contribution >= 4 is 11.6 Å². The van der Waals surface area contributed by atoms with Crippen molar-refractivity contribution in [3.63, 3.8) is 0 Å². The van der Waals surface area contributed by atoms with Crippen molar-refractivity contribution in [2.75, 3.05) is 6.54 Å². The second kappa shape index (κ2) is 7.97. The summed E-state index contributed by atoms with van der Waals surface area (Å²) in [6.07, 6.45) is 6.44. The molecule has 4 heteroatoms. The Bertz CT molecular complexity index is 839. The van der Waals surface area contributed by atoms with Crippen LogP contribution >= 0.6 is 0 Å². The summed E-state index contributed by atoms with van der Waals surface area (Å²) in [6.45, 7) is 4.92. The smallest absolute Gasteiger partial charge is 0.221 e. The van der Waals surface area contributed by atoms with Gasteiger partial charge in [-0.3, -0.25) is 4.79 Å². The van der Waals surface area contributed by atoms with Gasteiger partial charge < -0.3 is 9.72 Å². The van der Waals surface area contributed by atoms with Crippen LogP contribution in [-0.4, -0.2) is 21.8 Å². The molecule has 0 unspecified atom stereocenters. The van der Waals surface area contributed by atoms with Gasteiger partial charge in [-0.15, -0.1) is 0 Å². The minimum absolute atomic E-state index is 0.0142. The summed E-state index contributed by atoms with van der Waals surface area (Å²) in [7, 11) is 0. The Hall–Kier alpha value is -2.62. The summed E-state index contributed by atoms with van der Waals surface area (Å²) in [5.41, 5.74) is 4.27. The summed E-state index contributed by atoms with van der Waals surface area (Å²) in [4.78, 5) is 17.0. The molecule has 1 N–H and O–H groups in total. The van der Waals surface area contributed by atoms with E-state index in [-0.39, 0.29) is 11.8 Å². The molecule has 0 radical (unpaired) electrons. The quantitative estimate of drug-likeness (QED) is 0.661. The van der Waals surface area contributed by atoms with Crippen LogP contribution in [0.15, 0.2) is 54.9 Å². The molecule has 4 nitrogen and oxygen atoms in total. The normalized spacial score (nSPS) is 12.2. The van der Waals surface area contributed by atoms with Crippen molar-refractivity contribution in [2.24, 2.45) is 0 Å². The number of hydrogen-bond donors (Lipinski definition) is 1. The maximum absolute atomic E-state index is 12.5. The van der Waals surface area contributed by atoms with E-state index in [4.69, 9.17) is 0 Å². The number of unbranched alkanes of at least 4 members (excludes halogenated alkanes) is 1. The van der Waals surface area contributed by atoms with Crippen LogP contribution in [0.25, 0.3) is 5.65 Å². The maximum atomic E-state index is 12.5. The van der Waals surface area contributed by atoms with E-state index < -0.39 is 0 Å². The summed E-state index contributed by atoms with van der Waals surface area (Å²) in [5.74, 6) is 0.0736. The topological polar surface area (TPSA) is 46.4 Å². The average molecular weight is 335 g/mol. The van der Waals surface area contributed by atoms with Gasteiger partial charge in [0.05, 0.1) is 5.69 Å². The molecule has 0 fully saturated rings. The van der Waals surface area contributed by atoms with Crippen LogP contribution in [0.4, 0.5) is 0 Å². The zero-order valence-corrected chi connectivity index (χ0v) is 14.9. The molecule has 0 spiro atoms. The Morgan fingerprint density at radius 3 is 2.76 bits per heavy atom. The maximum Gasteiger partial charge on any atom is 0.221 e. The summed E-state index contributed by atoms with van der Waals surface area (Å²) in [6, 6.07) is 14.3. The van der Waals surface area contributed by atoms with Gasteiger partial charge >= 0.3 is 0 Å². The molecule has 0 bridgehead atoms. The van der Waals surface area contributed by atoms with Crippen molar-refractivity contribution in [3.8, 4) is 0 Å². The molecule has 1 aromatic carbocycles. The van der Waals surface area contributed by atoms with Crippen LogP contribution in [0, 0.1) is 6.92 Å². The first-order chi connectivity index (χ1) is 12.2. The van der Waals surface area contributed by atoms with Crippen LogP contribution in [-0.2, 0) is 4.79 Å². The summed E-state index contributed by atoms with van der Waals surface area (Å²) < 4.78 is 2.10. The Balaban J connectivity index is 1.93. The number of nitrogens with one attached hydrogen (secondary N) is 1. The molecule has 3 aromatic rings. The molecule has 1 atom stereocenters. The molecule has 1 amide bonds. The number of pyridine rings is 1. The van der Waals surface area contributed by atoms with Gasteiger partial charge in [0.25, 0.3) is 0 Å². The van der Waals surface area contributed by atoms with Crippen molar-refractivity contribution < 1.29 is 4.79 Å². The monoisotopic (exact) mass is 335 g/mol. The number of rotatable bonds is 7. The van der Waals surface area contributed by atoms with Crippen molar-refractivity contribution in [1.82, 2.24) is 14.7 Å². The van der Waals surface area contributed by atoms with Crippen LogP contribution in [0.3, 0.4) is 0 Å². The highest BCUT2D eigenvalue weighted by atomic mass is 16.1. The Labute approximate surface area is 148 Å². The van der Waals surface area contributed by atoms with Crippen molar-refractivity contribution in [2.45, 2.75) is 39.0 Å². The van der Waals surface area contributed by atoms with Crippen LogP contribution in [0.2, 0.25) is 0 Å². The zero-order chi connectivity index (χ0) is 17.6. The van der Waals surface area contributed by atoms with E-state index in [0.717, 1.165) is 41.9 Å². The molecule has 0 aliphatic carbocycles. The molecule has 0 aliphatic heterocycles. The lowest BCUT2D eigenvalue weighted by atomic mass is 9.92. The van der Waals surface area contributed by atoms with E-state index in [0.29, 0.717) is 6.42 Å². The Kier molecular flexibility index (Phi) is 5.49. The van der Waals surface area contributed by atoms with E-state index in [1.807, 2.05) is 36.7 Å². The molecule has 130 valence electrons. The Morgan fingerprint density at radius 2 is 2.00 bits per heavy atom. The van der Waals surface area contributed by atoms with Gasteiger partial charge in [-0.1, -0.05) is 49.7 Å². The second-order valence-corrected chi connectivity index (χ2v) is 6.44. The lowest BCUT2D eigenvalue weighted by Crippen LogP contribution is -2.26. The number of amides is 1. The number of imidazole rings is 1. The fraction of sp³-hybridized carbons (Fsp3) is 0.333. The predicted molar refractivity (Wildman–Crippen MR) is 101 cm³/mol. The van der Waals surface area contributed by atoms with Gasteiger partial charge in [0.2, 0.25) is 5.91 Å². The first-order valence-corrected chi connectivity index (χ1v) is 8.95. The number of aromatic nitrogens is 2. The molecule has 3 rings (SSSR count). The van der Waals surface area contributed by atoms with Gasteiger partial charge in [-0.05, 0) is 30.5 Å². The third-order valence-corrected chi connectivity index (χ3v) is 4.56. The number of nitrogens with zero attached hydrogens (tertiary/aromatic N) is 2. The molecule has 0 aliphatic rings. The number of carbonyl (C=O) groups is 1. The lowest BCUT2D eigenvalue weighted by Gasteiger charge is -2.17. The van der Waals surface area contributed by atoms with E-state index in [9.17, 15) is 4.79 Å². The standard InChI is InChI=1S/C21H25N3O/c1-3-4-12-22-20(25)14-18(17-10-6-5-7-11-17)19-15-23-21-16(2)9-8-13-24(19)21/h5-11,13,15,18H,3-4,12,14H2,1-2H3,(H,22,25)/t18-/m0/s1. The number of fused-ring (bicyclic) bond motifs is 1. The van der Waals surface area contributed by atoms with Crippen LogP contribution in [0.5, 0.6) is 0 Å². The van der Waals surface area contributed by atoms with E-state index >= 15 is 0 Å². The number of aryl methyl sites for hydroxylation is 1. The van der Waals surface area contributed by atoms with Crippen LogP contribution < -0.4 is 5.32 Å². The highest BCUT2D eigenvalue weighted by molar-refractivity contribution is 5.77. The fourth-order valence-corrected chi connectivity index (χ4v) is 3.17. The SMILES string of the molecule is CCCCNC(=O)C[C@@H](c1ccccc1)c1cnc2c(C)cccn12. The van der Waals surface area contributed by atoms with E-state index in [1.54, 1.807) is 0 Å². The summed E-state index contributed by atoms with van der Waals surface area (Å²) in [5, 5.41) is 3.04. The number of benzene rings is 1. The minimum Gasteiger partial charge on any atom is -0.356 e. The van der Waals surface area contributed by atoms with Gasteiger partial charge in [0, 0.05) is 31.3 Å². The van der Waals surface area contributed by atoms with E-state index in [1.165, 1.54) is 0 Å². The van der Waals surface area contributed by atoms with Crippen molar-refractivity contribution in [1.29, 1.82) is 0 Å². The molecular weight excluding hydrogens is 310 g/mol. The molecule has 25 heavy (non-hydrogen) atoms. The lowest BCUT2D eigenvalue weighted by molar-refractivity contribution is -0.121. The predicted octanol–water partition coefficient (Wildman–Crippen LogP) is 4.08. The van der Waals surface area contributed by atoms with Gasteiger partial charge in [0.15, 0.2) is 0 Å².